The number of nitrogen functional groups attached to an aromatic ring is 2. The number of hydrogen-bond donors (Lipinski definition) is 4. The van der Waals surface area contributed by atoms with Crippen molar-refractivity contribution in [3.63, 3.8) is 0 Å². The van der Waals surface area contributed by atoms with Crippen molar-refractivity contribution >= 4 is 47.8 Å². The standard InChI is InChI=1S/C18H23N7O.C15H23N3O2.C9H9N3O.ClH/c19-18-20-11-15(22-18)9-5-2-6-10-16-12-25(24-23-16)13-17(26)21-14-7-3-1-4-8-14;1-5-6-7-8-9-10-12-11-18(13(16)17-12)14(19)20-15(2,3)4;10-12-11-7-9(13)6-8-4-2-1-3-5-8;/h1,3-4,7-8,11-12H,2,5-6,9-10,13H2,(H,21,26)(H3,19,20,22);1,11H,6-10H2,2-4H3,(H2,16,17);1-5H,6-7H2;1H. The summed E-state index contributed by atoms with van der Waals surface area (Å²) in [7, 11) is 0. The third-order valence-corrected chi connectivity index (χ3v) is 8.16. The first kappa shape index (κ1) is 49.5. The van der Waals surface area contributed by atoms with Gasteiger partial charge in [-0.3, -0.25) is 9.59 Å². The number of para-hydroxylation sites is 1. The van der Waals surface area contributed by atoms with Crippen LogP contribution in [0.3, 0.4) is 0 Å². The number of aromatic nitrogens is 7. The van der Waals surface area contributed by atoms with E-state index in [2.05, 4.69) is 46.5 Å². The number of ketones is 1. The van der Waals surface area contributed by atoms with Crippen molar-refractivity contribution in [1.82, 2.24) is 34.5 Å². The Hall–Kier alpha value is -6.63. The van der Waals surface area contributed by atoms with E-state index >= 15 is 0 Å². The topological polar surface area (TPSA) is 250 Å². The predicted molar refractivity (Wildman–Crippen MR) is 235 cm³/mol. The van der Waals surface area contributed by atoms with E-state index in [4.69, 9.17) is 28.2 Å². The van der Waals surface area contributed by atoms with Crippen molar-refractivity contribution in [1.29, 1.82) is 0 Å². The largest absolute Gasteiger partial charge is 0.443 e. The molecule has 18 heteroatoms. The van der Waals surface area contributed by atoms with Crippen LogP contribution in [0.5, 0.6) is 0 Å². The molecule has 60 heavy (non-hydrogen) atoms. The summed E-state index contributed by atoms with van der Waals surface area (Å²) in [5, 5.41) is 14.2. The lowest BCUT2D eigenvalue weighted by Crippen LogP contribution is -2.27. The fourth-order valence-corrected chi connectivity index (χ4v) is 5.42. The van der Waals surface area contributed by atoms with Crippen molar-refractivity contribution in [3.05, 3.63) is 112 Å². The molecule has 1 amide bonds. The maximum absolute atomic E-state index is 12.0. The molecule has 6 N–H and O–H groups in total. The number of unbranched alkanes of at least 4 members (excludes halogenated alkanes) is 5. The van der Waals surface area contributed by atoms with Crippen LogP contribution in [0, 0.1) is 12.3 Å². The van der Waals surface area contributed by atoms with Gasteiger partial charge in [-0.25, -0.2) is 24.0 Å². The highest BCUT2D eigenvalue weighted by molar-refractivity contribution is 5.90. The van der Waals surface area contributed by atoms with Crippen LogP contribution in [0.2, 0.25) is 0 Å². The van der Waals surface area contributed by atoms with Crippen molar-refractivity contribution in [2.75, 3.05) is 23.3 Å². The summed E-state index contributed by atoms with van der Waals surface area (Å²) in [4.78, 5) is 48.7. The number of carbonyl (C=O) groups excluding carboxylic acids is 3. The number of nitrogens with one attached hydrogen (secondary N) is 2. The van der Waals surface area contributed by atoms with E-state index in [1.165, 1.54) is 4.57 Å². The Labute approximate surface area is 357 Å². The van der Waals surface area contributed by atoms with Gasteiger partial charge in [-0.05, 0) is 88.9 Å². The van der Waals surface area contributed by atoms with Gasteiger partial charge in [-0.2, -0.15) is 0 Å². The lowest BCUT2D eigenvalue weighted by atomic mass is 10.1. The molecule has 5 aromatic rings. The zero-order chi connectivity index (χ0) is 42.9. The molecule has 5 rings (SSSR count). The van der Waals surface area contributed by atoms with Crippen LogP contribution in [0.4, 0.5) is 22.4 Å². The second-order valence-corrected chi connectivity index (χ2v) is 14.5. The molecule has 0 bridgehead atoms. The maximum Gasteiger partial charge on any atom is 0.421 e. The van der Waals surface area contributed by atoms with E-state index < -0.39 is 11.7 Å². The lowest BCUT2D eigenvalue weighted by Gasteiger charge is -2.19. The summed E-state index contributed by atoms with van der Waals surface area (Å²) >= 11 is 0. The van der Waals surface area contributed by atoms with Gasteiger partial charge >= 0.3 is 6.09 Å². The quantitative estimate of drug-likeness (QED) is 0.0220. The number of amides is 1. The predicted octanol–water partition coefficient (Wildman–Crippen LogP) is 7.69. The van der Waals surface area contributed by atoms with Gasteiger partial charge in [0.2, 0.25) is 11.9 Å². The third kappa shape index (κ3) is 20.7. The first-order valence-electron chi connectivity index (χ1n) is 19.5. The molecule has 0 aliphatic carbocycles. The first-order valence-corrected chi connectivity index (χ1v) is 19.5. The fraction of sp³-hybridized carbons (Fsp3) is 0.405. The van der Waals surface area contributed by atoms with Gasteiger partial charge in [0.1, 0.15) is 17.9 Å². The molecule has 0 aliphatic rings. The summed E-state index contributed by atoms with van der Waals surface area (Å²) < 4.78 is 8.08. The Bertz CT molecular complexity index is 2110. The van der Waals surface area contributed by atoms with Gasteiger partial charge < -0.3 is 26.5 Å². The Balaban J connectivity index is 0.000000325. The van der Waals surface area contributed by atoms with Crippen molar-refractivity contribution in [2.24, 2.45) is 5.11 Å². The third-order valence-electron chi connectivity index (χ3n) is 8.16. The minimum absolute atomic E-state index is 0. The molecule has 0 fully saturated rings. The number of terminal acetylenes is 1. The van der Waals surface area contributed by atoms with E-state index in [1.54, 1.807) is 17.1 Å². The van der Waals surface area contributed by atoms with Crippen molar-refractivity contribution in [3.8, 4) is 12.3 Å². The number of Topliss-reactive ketones (excluding diaryl/α,β-unsaturated/α-hetero) is 1. The molecule has 0 unspecified atom stereocenters. The highest BCUT2D eigenvalue weighted by Gasteiger charge is 2.20. The smallest absolute Gasteiger partial charge is 0.421 e. The summed E-state index contributed by atoms with van der Waals surface area (Å²) in [6.45, 7) is 5.52. The van der Waals surface area contributed by atoms with Crippen LogP contribution in [-0.2, 0) is 46.6 Å². The number of nitrogens with two attached hydrogens (primary N) is 2. The Morgan fingerprint density at radius 2 is 1.58 bits per heavy atom. The molecule has 0 atom stereocenters. The number of halogens is 1. The Morgan fingerprint density at radius 3 is 2.22 bits per heavy atom. The van der Waals surface area contributed by atoms with Crippen LogP contribution in [0.1, 0.15) is 88.4 Å². The average Bonchev–Trinajstić information content (AvgIpc) is 3.94. The number of imidazole rings is 2. The number of rotatable bonds is 18. The molecular formula is C42H56ClN13O4. The lowest BCUT2D eigenvalue weighted by molar-refractivity contribution is -0.117. The van der Waals surface area contributed by atoms with Gasteiger partial charge in [0.25, 0.3) is 0 Å². The Kier molecular flexibility index (Phi) is 22.4. The minimum atomic E-state index is -0.552. The monoisotopic (exact) mass is 841 g/mol. The van der Waals surface area contributed by atoms with Crippen LogP contribution in [-0.4, -0.2) is 64.4 Å². The van der Waals surface area contributed by atoms with E-state index in [-0.39, 0.29) is 43.1 Å². The number of aromatic amines is 1. The van der Waals surface area contributed by atoms with Crippen molar-refractivity contribution in [2.45, 2.75) is 104 Å². The van der Waals surface area contributed by atoms with Crippen LogP contribution < -0.4 is 16.8 Å². The summed E-state index contributed by atoms with van der Waals surface area (Å²) in [5.41, 5.74) is 23.2. The Morgan fingerprint density at radius 1 is 0.933 bits per heavy atom. The fourth-order valence-electron chi connectivity index (χ4n) is 5.42. The zero-order valence-corrected chi connectivity index (χ0v) is 35.3. The second kappa shape index (κ2) is 27.1. The summed E-state index contributed by atoms with van der Waals surface area (Å²) in [5.74, 6) is 3.06. The van der Waals surface area contributed by atoms with E-state index in [1.807, 2.05) is 87.6 Å². The molecule has 0 aliphatic heterocycles. The molecule has 0 radical (unpaired) electrons. The van der Waals surface area contributed by atoms with Gasteiger partial charge in [0.15, 0.2) is 5.95 Å². The molecule has 0 saturated carbocycles. The number of nitrogens with zero attached hydrogens (tertiary/aromatic N) is 9. The zero-order valence-electron chi connectivity index (χ0n) is 34.5. The number of anilines is 3. The van der Waals surface area contributed by atoms with Crippen LogP contribution in [0.15, 0.2) is 84.4 Å². The normalized spacial score (nSPS) is 10.3. The molecule has 320 valence electrons. The van der Waals surface area contributed by atoms with Crippen molar-refractivity contribution < 1.29 is 19.1 Å². The maximum atomic E-state index is 12.0. The van der Waals surface area contributed by atoms with Crippen LogP contribution in [0.25, 0.3) is 10.4 Å². The van der Waals surface area contributed by atoms with Gasteiger partial charge in [-0.1, -0.05) is 71.7 Å². The van der Waals surface area contributed by atoms with Gasteiger partial charge in [0.05, 0.1) is 24.1 Å². The number of aryl methyl sites for hydroxylation is 3. The number of H-pyrrole nitrogens is 1. The first-order chi connectivity index (χ1) is 28.3. The summed E-state index contributed by atoms with van der Waals surface area (Å²) in [6, 6.07) is 18.7. The molecule has 17 nitrogen and oxygen atoms in total. The molecule has 2 aromatic carbocycles. The van der Waals surface area contributed by atoms with E-state index in [0.717, 1.165) is 92.5 Å². The van der Waals surface area contributed by atoms with E-state index in [9.17, 15) is 14.4 Å². The summed E-state index contributed by atoms with van der Waals surface area (Å²) in [6.07, 6.45) is 19.9. The highest BCUT2D eigenvalue weighted by Crippen LogP contribution is 2.15. The molecule has 3 heterocycles. The number of ether oxygens (including phenoxy) is 1. The second-order valence-electron chi connectivity index (χ2n) is 14.5. The molecule has 0 spiro atoms. The number of carbonyl (C=O) groups is 3. The number of hydrogen-bond acceptors (Lipinski definition) is 11. The van der Waals surface area contributed by atoms with Gasteiger partial charge in [-0.15, -0.1) is 29.8 Å². The molecule has 3 aromatic heterocycles. The van der Waals surface area contributed by atoms with Gasteiger partial charge in [0, 0.05) is 41.5 Å². The average molecular weight is 842 g/mol. The van der Waals surface area contributed by atoms with Crippen LogP contribution >= 0.6 is 12.4 Å². The minimum Gasteiger partial charge on any atom is -0.443 e. The van der Waals surface area contributed by atoms with E-state index in [0.29, 0.717) is 12.4 Å². The number of benzene rings is 2. The molecule has 0 saturated heterocycles. The SMILES string of the molecule is C#CCCCCCc1cn(C(=O)OC(C)(C)C)c(N)n1.Cl.Nc1ncc(CCCCCc2cn(CC(=O)Nc3ccccc3)nn2)[nH]1.[N-]=[N+]=NCC(=O)Cc1ccccc1. The number of azide groups is 1. The molecular weight excluding hydrogens is 786 g/mol. The highest BCUT2D eigenvalue weighted by atomic mass is 35.5.